The molecule has 0 aromatic carbocycles. The van der Waals surface area contributed by atoms with E-state index < -0.39 is 22.8 Å². The van der Waals surface area contributed by atoms with Gasteiger partial charge in [-0.3, -0.25) is 4.18 Å². The van der Waals surface area contributed by atoms with Crippen molar-refractivity contribution in [2.75, 3.05) is 6.61 Å². The van der Waals surface area contributed by atoms with Crippen molar-refractivity contribution in [2.45, 2.75) is 32.2 Å². The first kappa shape index (κ1) is 14.3. The Kier molecular flexibility index (Phi) is 5.14. The predicted octanol–water partition coefficient (Wildman–Crippen LogP) is 0.904. The Morgan fingerprint density at radius 3 is 2.53 bits per heavy atom. The van der Waals surface area contributed by atoms with Crippen LogP contribution in [0.2, 0.25) is 0 Å². The molecule has 0 bridgehead atoms. The van der Waals surface area contributed by atoms with Crippen molar-refractivity contribution in [3.63, 3.8) is 0 Å². The summed E-state index contributed by atoms with van der Waals surface area (Å²) < 4.78 is 53.0. The van der Waals surface area contributed by atoms with E-state index in [4.69, 9.17) is 0 Å². The molecule has 1 atom stereocenters. The maximum Gasteiger partial charge on any atom is 0.336 e. The molecular weight excluding hydrogens is 228 g/mol. The SMILES string of the molecule is C#CC(F)(F)COS(=O)(=O)NC(C)CC. The second kappa shape index (κ2) is 5.39. The normalized spacial score (nSPS) is 14.6. The Hall–Kier alpha value is -0.710. The van der Waals surface area contributed by atoms with Gasteiger partial charge in [0.25, 0.3) is 0 Å². The number of alkyl halides is 2. The lowest BCUT2D eigenvalue weighted by Gasteiger charge is -2.13. The third-order valence-corrected chi connectivity index (χ3v) is 2.68. The average Bonchev–Trinajstić information content (AvgIpc) is 2.14. The number of rotatable bonds is 6. The van der Waals surface area contributed by atoms with Crippen LogP contribution in [0.5, 0.6) is 0 Å². The highest BCUT2D eigenvalue weighted by atomic mass is 32.2. The summed E-state index contributed by atoms with van der Waals surface area (Å²) in [6, 6.07) is -0.380. The number of hydrogen-bond acceptors (Lipinski definition) is 3. The maximum absolute atomic E-state index is 12.4. The van der Waals surface area contributed by atoms with Crippen LogP contribution in [0.25, 0.3) is 0 Å². The van der Waals surface area contributed by atoms with Crippen LogP contribution in [0.1, 0.15) is 20.3 Å². The Balaban J connectivity index is 4.25. The molecule has 1 unspecified atom stereocenters. The van der Waals surface area contributed by atoms with Gasteiger partial charge in [-0.05, 0) is 19.3 Å². The van der Waals surface area contributed by atoms with Crippen molar-refractivity contribution in [1.82, 2.24) is 4.72 Å². The molecule has 0 aliphatic carbocycles. The van der Waals surface area contributed by atoms with Gasteiger partial charge in [0.15, 0.2) is 0 Å². The van der Waals surface area contributed by atoms with Crippen LogP contribution in [-0.4, -0.2) is 27.0 Å². The number of hydrogen-bond donors (Lipinski definition) is 1. The molecular formula is C8H13F2NO3S. The fraction of sp³-hybridized carbons (Fsp3) is 0.750. The highest BCUT2D eigenvalue weighted by Gasteiger charge is 2.29. The van der Waals surface area contributed by atoms with Gasteiger partial charge in [-0.1, -0.05) is 6.92 Å². The number of nitrogens with one attached hydrogen (secondary N) is 1. The van der Waals surface area contributed by atoms with Crippen molar-refractivity contribution < 1.29 is 21.4 Å². The average molecular weight is 241 g/mol. The third-order valence-electron chi connectivity index (χ3n) is 1.56. The molecule has 1 N–H and O–H groups in total. The van der Waals surface area contributed by atoms with Crippen LogP contribution in [0.3, 0.4) is 0 Å². The van der Waals surface area contributed by atoms with Crippen LogP contribution in [0, 0.1) is 12.3 Å². The smallest absolute Gasteiger partial charge is 0.251 e. The minimum absolute atomic E-state index is 0.380. The lowest BCUT2D eigenvalue weighted by atomic mass is 10.3. The summed E-state index contributed by atoms with van der Waals surface area (Å²) in [7, 11) is -4.16. The zero-order valence-electron chi connectivity index (χ0n) is 8.46. The summed E-state index contributed by atoms with van der Waals surface area (Å²) >= 11 is 0. The van der Waals surface area contributed by atoms with Crippen molar-refractivity contribution in [3.8, 4) is 12.3 Å². The van der Waals surface area contributed by atoms with E-state index in [2.05, 4.69) is 15.3 Å². The van der Waals surface area contributed by atoms with Gasteiger partial charge in [-0.2, -0.15) is 21.9 Å². The van der Waals surface area contributed by atoms with Crippen LogP contribution in [0.4, 0.5) is 8.78 Å². The van der Waals surface area contributed by atoms with E-state index in [9.17, 15) is 17.2 Å². The van der Waals surface area contributed by atoms with E-state index in [1.165, 1.54) is 0 Å². The van der Waals surface area contributed by atoms with Crippen molar-refractivity contribution in [2.24, 2.45) is 0 Å². The maximum atomic E-state index is 12.4. The minimum Gasteiger partial charge on any atom is -0.251 e. The third kappa shape index (κ3) is 6.38. The van der Waals surface area contributed by atoms with Crippen molar-refractivity contribution in [3.05, 3.63) is 0 Å². The van der Waals surface area contributed by atoms with Gasteiger partial charge in [-0.25, -0.2) is 0 Å². The van der Waals surface area contributed by atoms with Gasteiger partial charge in [0.2, 0.25) is 0 Å². The van der Waals surface area contributed by atoms with Gasteiger partial charge in [-0.15, -0.1) is 6.42 Å². The lowest BCUT2D eigenvalue weighted by Crippen LogP contribution is -2.36. The molecule has 0 heterocycles. The molecule has 0 radical (unpaired) electrons. The molecule has 4 nitrogen and oxygen atoms in total. The van der Waals surface area contributed by atoms with Gasteiger partial charge >= 0.3 is 16.2 Å². The Morgan fingerprint density at radius 2 is 2.13 bits per heavy atom. The van der Waals surface area contributed by atoms with Crippen LogP contribution >= 0.6 is 0 Å². The molecule has 0 saturated carbocycles. The molecule has 0 amide bonds. The van der Waals surface area contributed by atoms with E-state index in [1.54, 1.807) is 13.8 Å². The van der Waals surface area contributed by atoms with E-state index in [0.717, 1.165) is 5.92 Å². The first-order valence-electron chi connectivity index (χ1n) is 4.24. The topological polar surface area (TPSA) is 55.4 Å². The first-order valence-corrected chi connectivity index (χ1v) is 5.65. The Morgan fingerprint density at radius 1 is 1.60 bits per heavy atom. The minimum atomic E-state index is -4.16. The molecule has 0 spiro atoms. The van der Waals surface area contributed by atoms with Gasteiger partial charge in [0.1, 0.15) is 6.61 Å². The zero-order chi connectivity index (χ0) is 12.1. The van der Waals surface area contributed by atoms with E-state index in [-0.39, 0.29) is 6.04 Å². The molecule has 0 aliphatic rings. The molecule has 0 saturated heterocycles. The fourth-order valence-electron chi connectivity index (χ4n) is 0.557. The highest BCUT2D eigenvalue weighted by Crippen LogP contribution is 2.12. The van der Waals surface area contributed by atoms with Crippen molar-refractivity contribution >= 4 is 10.3 Å². The second-order valence-corrected chi connectivity index (χ2v) is 4.37. The predicted molar refractivity (Wildman–Crippen MR) is 51.5 cm³/mol. The van der Waals surface area contributed by atoms with Gasteiger partial charge in [0, 0.05) is 6.04 Å². The van der Waals surface area contributed by atoms with Crippen LogP contribution in [-0.2, 0) is 14.5 Å². The fourth-order valence-corrected chi connectivity index (χ4v) is 1.59. The van der Waals surface area contributed by atoms with E-state index in [0.29, 0.717) is 6.42 Å². The van der Waals surface area contributed by atoms with Gasteiger partial charge < -0.3 is 0 Å². The molecule has 88 valence electrons. The molecule has 7 heteroatoms. The molecule has 0 aromatic rings. The molecule has 0 fully saturated rings. The lowest BCUT2D eigenvalue weighted by molar-refractivity contribution is 0.0161. The summed E-state index contributed by atoms with van der Waals surface area (Å²) in [6.07, 6.45) is 4.99. The van der Waals surface area contributed by atoms with Gasteiger partial charge in [0.05, 0.1) is 0 Å². The number of terminal acetylenes is 1. The summed E-state index contributed by atoms with van der Waals surface area (Å²) in [5.41, 5.74) is 0. The Labute approximate surface area is 88.3 Å². The molecule has 0 rings (SSSR count). The monoisotopic (exact) mass is 241 g/mol. The molecule has 0 aliphatic heterocycles. The van der Waals surface area contributed by atoms with Crippen LogP contribution in [0.15, 0.2) is 0 Å². The standard InChI is InChI=1S/C8H13F2NO3S/c1-4-7(3)11-15(12,13)14-6-8(9,10)5-2/h2,7,11H,4,6H2,1,3H3. The second-order valence-electron chi connectivity index (χ2n) is 2.99. The molecule has 0 aromatic heterocycles. The Bertz CT molecular complexity index is 334. The quantitative estimate of drug-likeness (QED) is 0.703. The summed E-state index contributed by atoms with van der Waals surface area (Å²) in [5, 5.41) is 0. The summed E-state index contributed by atoms with van der Waals surface area (Å²) in [6.45, 7) is 1.97. The van der Waals surface area contributed by atoms with E-state index >= 15 is 0 Å². The zero-order valence-corrected chi connectivity index (χ0v) is 9.27. The summed E-state index contributed by atoms with van der Waals surface area (Å²) in [5.74, 6) is -2.45. The van der Waals surface area contributed by atoms with Crippen LogP contribution < -0.4 is 4.72 Å². The van der Waals surface area contributed by atoms with E-state index in [1.807, 2.05) is 0 Å². The van der Waals surface area contributed by atoms with Crippen molar-refractivity contribution in [1.29, 1.82) is 0 Å². The summed E-state index contributed by atoms with van der Waals surface area (Å²) in [4.78, 5) is 0. The number of halogens is 2. The highest BCUT2D eigenvalue weighted by molar-refractivity contribution is 7.84. The largest absolute Gasteiger partial charge is 0.336 e. The first-order chi connectivity index (χ1) is 6.72. The molecule has 15 heavy (non-hydrogen) atoms.